The lowest BCUT2D eigenvalue weighted by Crippen LogP contribution is -2.27. The van der Waals surface area contributed by atoms with E-state index in [9.17, 15) is 9.90 Å². The van der Waals surface area contributed by atoms with E-state index in [0.717, 1.165) is 16.8 Å². The number of phenols is 1. The second kappa shape index (κ2) is 7.35. The van der Waals surface area contributed by atoms with E-state index >= 15 is 0 Å². The lowest BCUT2D eigenvalue weighted by Gasteiger charge is -2.11. The number of ether oxygens (including phenoxy) is 1. The predicted molar refractivity (Wildman–Crippen MR) is 92.7 cm³/mol. The molecule has 0 aliphatic rings. The summed E-state index contributed by atoms with van der Waals surface area (Å²) in [7, 11) is 4.90. The third-order valence-electron chi connectivity index (χ3n) is 3.24. The van der Waals surface area contributed by atoms with Crippen LogP contribution in [-0.4, -0.2) is 37.2 Å². The summed E-state index contributed by atoms with van der Waals surface area (Å²) < 4.78 is 5.01. The fraction of sp³-hybridized carbons (Fsp3) is 0.167. The number of nitrogens with zero attached hydrogens (tertiary/aromatic N) is 1. The van der Waals surface area contributed by atoms with E-state index in [1.807, 2.05) is 42.5 Å². The maximum atomic E-state index is 11.6. The fourth-order valence-corrected chi connectivity index (χ4v) is 1.92. The number of aromatic hydroxyl groups is 1. The number of phenolic OH excluding ortho intramolecular Hbond substituents is 1. The van der Waals surface area contributed by atoms with Crippen molar-refractivity contribution in [2.24, 2.45) is 0 Å². The summed E-state index contributed by atoms with van der Waals surface area (Å²) >= 11 is 0. The molecule has 0 unspecified atom stereocenters. The van der Waals surface area contributed by atoms with Crippen LogP contribution in [0.4, 0.5) is 10.5 Å². The topological polar surface area (TPSA) is 61.8 Å². The van der Waals surface area contributed by atoms with Crippen LogP contribution in [0.2, 0.25) is 0 Å². The minimum absolute atomic E-state index is 0.108. The molecule has 5 nitrogen and oxygen atoms in total. The molecule has 2 rings (SSSR count). The van der Waals surface area contributed by atoms with Gasteiger partial charge in [0.05, 0.1) is 7.11 Å². The Kier molecular flexibility index (Phi) is 5.25. The summed E-state index contributed by atoms with van der Waals surface area (Å²) in [5.41, 5.74) is 2.60. The molecule has 0 aliphatic carbocycles. The number of anilines is 1. The molecule has 0 spiro atoms. The molecule has 0 saturated heterocycles. The number of hydrogen-bond acceptors (Lipinski definition) is 3. The first-order valence-corrected chi connectivity index (χ1v) is 7.13. The van der Waals surface area contributed by atoms with Gasteiger partial charge in [-0.1, -0.05) is 30.4 Å². The van der Waals surface area contributed by atoms with Crippen molar-refractivity contribution in [1.82, 2.24) is 4.90 Å². The van der Waals surface area contributed by atoms with Gasteiger partial charge >= 0.3 is 6.03 Å². The Balaban J connectivity index is 2.05. The standard InChI is InChI=1S/C18H20N2O3/c1-20(2)18(22)19-15-9-6-13(7-10-15)4-5-14-8-11-17(23-3)16(21)12-14/h4-12,21H,1-3H3,(H,19,22)/b5-4+. The molecule has 0 fully saturated rings. The first-order valence-electron chi connectivity index (χ1n) is 7.13. The zero-order chi connectivity index (χ0) is 16.8. The van der Waals surface area contributed by atoms with Gasteiger partial charge in [0.1, 0.15) is 0 Å². The van der Waals surface area contributed by atoms with Crippen LogP contribution in [0.15, 0.2) is 42.5 Å². The number of benzene rings is 2. The second-order valence-electron chi connectivity index (χ2n) is 5.21. The van der Waals surface area contributed by atoms with Crippen LogP contribution >= 0.6 is 0 Å². The first kappa shape index (κ1) is 16.4. The molecule has 0 saturated carbocycles. The quantitative estimate of drug-likeness (QED) is 0.847. The molecule has 120 valence electrons. The molecule has 0 atom stereocenters. The Bertz CT molecular complexity index is 707. The number of hydrogen-bond donors (Lipinski definition) is 2. The molecule has 0 aliphatic heterocycles. The van der Waals surface area contributed by atoms with Gasteiger partial charge in [-0.15, -0.1) is 0 Å². The van der Waals surface area contributed by atoms with Gasteiger partial charge in [0, 0.05) is 19.8 Å². The average molecular weight is 312 g/mol. The van der Waals surface area contributed by atoms with E-state index in [-0.39, 0.29) is 11.8 Å². The van der Waals surface area contributed by atoms with E-state index in [2.05, 4.69) is 5.32 Å². The summed E-state index contributed by atoms with van der Waals surface area (Å²) in [6, 6.07) is 12.5. The highest BCUT2D eigenvalue weighted by atomic mass is 16.5. The van der Waals surface area contributed by atoms with Crippen molar-refractivity contribution >= 4 is 23.9 Å². The first-order chi connectivity index (χ1) is 11.0. The molecule has 5 heteroatoms. The maximum Gasteiger partial charge on any atom is 0.321 e. The van der Waals surface area contributed by atoms with Gasteiger partial charge in [-0.2, -0.15) is 0 Å². The average Bonchev–Trinajstić information content (AvgIpc) is 2.54. The minimum Gasteiger partial charge on any atom is -0.504 e. The van der Waals surface area contributed by atoms with Crippen molar-refractivity contribution in [2.45, 2.75) is 0 Å². The Hall–Kier alpha value is -2.95. The van der Waals surface area contributed by atoms with Gasteiger partial charge in [-0.25, -0.2) is 4.79 Å². The molecule has 0 heterocycles. The fourth-order valence-electron chi connectivity index (χ4n) is 1.92. The summed E-state index contributed by atoms with van der Waals surface area (Å²) in [6.45, 7) is 0. The minimum atomic E-state index is -0.165. The lowest BCUT2D eigenvalue weighted by molar-refractivity contribution is 0.230. The predicted octanol–water partition coefficient (Wildman–Crippen LogP) is 3.66. The van der Waals surface area contributed by atoms with E-state index < -0.39 is 0 Å². The van der Waals surface area contributed by atoms with Crippen LogP contribution in [-0.2, 0) is 0 Å². The smallest absolute Gasteiger partial charge is 0.321 e. The normalized spacial score (nSPS) is 10.6. The molecule has 2 N–H and O–H groups in total. The summed E-state index contributed by atoms with van der Waals surface area (Å²) in [4.78, 5) is 13.0. The van der Waals surface area contributed by atoms with Crippen LogP contribution in [0.25, 0.3) is 12.2 Å². The zero-order valence-corrected chi connectivity index (χ0v) is 13.4. The largest absolute Gasteiger partial charge is 0.504 e. The Morgan fingerprint density at radius 2 is 1.70 bits per heavy atom. The number of rotatable bonds is 4. The Morgan fingerprint density at radius 1 is 1.09 bits per heavy atom. The highest BCUT2D eigenvalue weighted by Gasteiger charge is 2.03. The number of amides is 2. The number of carbonyl (C=O) groups is 1. The molecule has 23 heavy (non-hydrogen) atoms. The molecule has 2 amide bonds. The van der Waals surface area contributed by atoms with E-state index in [1.165, 1.54) is 12.0 Å². The van der Waals surface area contributed by atoms with Crippen molar-refractivity contribution in [2.75, 3.05) is 26.5 Å². The number of carbonyl (C=O) groups excluding carboxylic acids is 1. The molecule has 0 aromatic heterocycles. The van der Waals surface area contributed by atoms with Crippen molar-refractivity contribution in [3.8, 4) is 11.5 Å². The molecular weight excluding hydrogens is 292 g/mol. The van der Waals surface area contributed by atoms with Crippen LogP contribution < -0.4 is 10.1 Å². The SMILES string of the molecule is COc1ccc(/C=C/c2ccc(NC(=O)N(C)C)cc2)cc1O. The third kappa shape index (κ3) is 4.51. The highest BCUT2D eigenvalue weighted by Crippen LogP contribution is 2.27. The van der Waals surface area contributed by atoms with Crippen LogP contribution in [0.3, 0.4) is 0 Å². The van der Waals surface area contributed by atoms with E-state index in [1.54, 1.807) is 26.2 Å². The Morgan fingerprint density at radius 3 is 2.26 bits per heavy atom. The summed E-state index contributed by atoms with van der Waals surface area (Å²) in [5.74, 6) is 0.555. The molecule has 2 aromatic carbocycles. The van der Waals surface area contributed by atoms with Crippen LogP contribution in [0.5, 0.6) is 11.5 Å². The Labute approximate surface area is 135 Å². The van der Waals surface area contributed by atoms with Gasteiger partial charge in [-0.05, 0) is 35.4 Å². The van der Waals surface area contributed by atoms with E-state index in [0.29, 0.717) is 5.75 Å². The summed E-state index contributed by atoms with van der Waals surface area (Å²) in [6.07, 6.45) is 3.82. The molecule has 0 radical (unpaired) electrons. The summed E-state index contributed by atoms with van der Waals surface area (Å²) in [5, 5.41) is 12.5. The van der Waals surface area contributed by atoms with Crippen molar-refractivity contribution in [1.29, 1.82) is 0 Å². The maximum absolute atomic E-state index is 11.6. The number of urea groups is 1. The zero-order valence-electron chi connectivity index (χ0n) is 13.4. The van der Waals surface area contributed by atoms with Crippen molar-refractivity contribution < 1.29 is 14.6 Å². The molecule has 0 bridgehead atoms. The lowest BCUT2D eigenvalue weighted by atomic mass is 10.1. The number of nitrogens with one attached hydrogen (secondary N) is 1. The van der Waals surface area contributed by atoms with Crippen molar-refractivity contribution in [3.05, 3.63) is 53.6 Å². The van der Waals surface area contributed by atoms with Crippen molar-refractivity contribution in [3.63, 3.8) is 0 Å². The van der Waals surface area contributed by atoms with Gasteiger partial charge in [0.2, 0.25) is 0 Å². The van der Waals surface area contributed by atoms with Gasteiger partial charge < -0.3 is 20.1 Å². The third-order valence-corrected chi connectivity index (χ3v) is 3.24. The van der Waals surface area contributed by atoms with E-state index in [4.69, 9.17) is 4.74 Å². The van der Waals surface area contributed by atoms with Gasteiger partial charge in [0.25, 0.3) is 0 Å². The van der Waals surface area contributed by atoms with Crippen LogP contribution in [0.1, 0.15) is 11.1 Å². The number of methoxy groups -OCH3 is 1. The van der Waals surface area contributed by atoms with Crippen LogP contribution in [0, 0.1) is 0 Å². The molecule has 2 aromatic rings. The monoisotopic (exact) mass is 312 g/mol. The van der Waals surface area contributed by atoms with Gasteiger partial charge in [-0.3, -0.25) is 0 Å². The highest BCUT2D eigenvalue weighted by molar-refractivity contribution is 5.89. The molecular formula is C18H20N2O3. The van der Waals surface area contributed by atoms with Gasteiger partial charge in [0.15, 0.2) is 11.5 Å². The second-order valence-corrected chi connectivity index (χ2v) is 5.21.